The van der Waals surface area contributed by atoms with Crippen molar-refractivity contribution in [2.75, 3.05) is 0 Å². The molecule has 0 heterocycles. The molecule has 0 N–H and O–H groups in total. The lowest BCUT2D eigenvalue weighted by atomic mass is 9.87. The van der Waals surface area contributed by atoms with E-state index in [1.165, 1.54) is 0 Å². The normalized spacial score (nSPS) is 11.1. The van der Waals surface area contributed by atoms with Gasteiger partial charge in [0.25, 0.3) is 0 Å². The van der Waals surface area contributed by atoms with Gasteiger partial charge in [-0.2, -0.15) is 0 Å². The number of terminal acetylenes is 1. The van der Waals surface area contributed by atoms with E-state index in [4.69, 9.17) is 6.42 Å². The molecule has 0 unspecified atom stereocenters. The highest BCUT2D eigenvalue weighted by atomic mass is 19.1. The first-order valence-electron chi connectivity index (χ1n) is 5.92. The van der Waals surface area contributed by atoms with E-state index in [0.29, 0.717) is 12.8 Å². The Morgan fingerprint density at radius 2 is 1.62 bits per heavy atom. The monoisotopic (exact) mass is 218 g/mol. The Labute approximate surface area is 97.9 Å². The van der Waals surface area contributed by atoms with Crippen LogP contribution in [0.1, 0.15) is 50.7 Å². The molecule has 86 valence electrons. The fourth-order valence-corrected chi connectivity index (χ4v) is 2.07. The van der Waals surface area contributed by atoms with Crippen LogP contribution in [-0.2, 0) is 5.67 Å². The lowest BCUT2D eigenvalue weighted by Gasteiger charge is -2.25. The van der Waals surface area contributed by atoms with Gasteiger partial charge in [0.15, 0.2) is 0 Å². The molecule has 0 fully saturated rings. The maximum atomic E-state index is 14.7. The van der Waals surface area contributed by atoms with Gasteiger partial charge in [0, 0.05) is 5.56 Å². The van der Waals surface area contributed by atoms with Crippen LogP contribution in [0, 0.1) is 12.3 Å². The summed E-state index contributed by atoms with van der Waals surface area (Å²) in [6.07, 6.45) is 8.15. The lowest BCUT2D eigenvalue weighted by Crippen LogP contribution is -2.19. The molecule has 0 spiro atoms. The largest absolute Gasteiger partial charge is 0.239 e. The Morgan fingerprint density at radius 1 is 1.12 bits per heavy atom. The van der Waals surface area contributed by atoms with Crippen LogP contribution >= 0.6 is 0 Å². The number of alkyl halides is 1. The average Bonchev–Trinajstić information content (AvgIpc) is 2.30. The zero-order valence-electron chi connectivity index (χ0n) is 10.1. The molecule has 0 radical (unpaired) electrons. The van der Waals surface area contributed by atoms with Crippen LogP contribution in [0.4, 0.5) is 4.39 Å². The topological polar surface area (TPSA) is 0 Å². The highest BCUT2D eigenvalue weighted by Gasteiger charge is 2.29. The second kappa shape index (κ2) is 5.70. The molecule has 0 aliphatic rings. The molecule has 1 heteroatoms. The number of benzene rings is 1. The van der Waals surface area contributed by atoms with Crippen molar-refractivity contribution in [2.45, 2.75) is 45.2 Å². The standard InChI is InChI=1S/C15H19F/c1-4-11-15(16,12-5-2)14-9-7-13(6-3)8-10-14/h3,7-10H,4-5,11-12H2,1-2H3. The van der Waals surface area contributed by atoms with Crippen LogP contribution in [0.5, 0.6) is 0 Å². The van der Waals surface area contributed by atoms with Crippen molar-refractivity contribution in [1.29, 1.82) is 0 Å². The number of hydrogen-bond donors (Lipinski definition) is 0. The van der Waals surface area contributed by atoms with Crippen LogP contribution < -0.4 is 0 Å². The van der Waals surface area contributed by atoms with Crippen molar-refractivity contribution in [1.82, 2.24) is 0 Å². The molecule has 0 nitrogen and oxygen atoms in total. The molecule has 0 saturated heterocycles. The van der Waals surface area contributed by atoms with E-state index in [-0.39, 0.29) is 0 Å². The summed E-state index contributed by atoms with van der Waals surface area (Å²) in [4.78, 5) is 0. The molecule has 0 aromatic heterocycles. The van der Waals surface area contributed by atoms with Gasteiger partial charge >= 0.3 is 0 Å². The van der Waals surface area contributed by atoms with Crippen molar-refractivity contribution in [3.63, 3.8) is 0 Å². The zero-order chi connectivity index (χ0) is 12.0. The zero-order valence-corrected chi connectivity index (χ0v) is 10.1. The number of rotatable bonds is 5. The Kier molecular flexibility index (Phi) is 4.55. The fourth-order valence-electron chi connectivity index (χ4n) is 2.07. The van der Waals surface area contributed by atoms with Gasteiger partial charge in [-0.1, -0.05) is 44.7 Å². The molecule has 1 aromatic rings. The van der Waals surface area contributed by atoms with Crippen LogP contribution in [0.2, 0.25) is 0 Å². The van der Waals surface area contributed by atoms with E-state index in [1.54, 1.807) is 0 Å². The van der Waals surface area contributed by atoms with Gasteiger partial charge in [0.1, 0.15) is 5.67 Å². The summed E-state index contributed by atoms with van der Waals surface area (Å²) in [5, 5.41) is 0. The lowest BCUT2D eigenvalue weighted by molar-refractivity contribution is 0.134. The van der Waals surface area contributed by atoms with Gasteiger partial charge in [-0.3, -0.25) is 0 Å². The molecule has 0 bridgehead atoms. The van der Waals surface area contributed by atoms with Gasteiger partial charge < -0.3 is 0 Å². The van der Waals surface area contributed by atoms with Crippen molar-refractivity contribution < 1.29 is 4.39 Å². The maximum Gasteiger partial charge on any atom is 0.136 e. The van der Waals surface area contributed by atoms with Crippen LogP contribution in [0.25, 0.3) is 0 Å². The van der Waals surface area contributed by atoms with E-state index in [9.17, 15) is 4.39 Å². The van der Waals surface area contributed by atoms with Crippen molar-refractivity contribution in [3.05, 3.63) is 35.4 Å². The van der Waals surface area contributed by atoms with Gasteiger partial charge in [-0.25, -0.2) is 4.39 Å². The average molecular weight is 218 g/mol. The minimum Gasteiger partial charge on any atom is -0.239 e. The third kappa shape index (κ3) is 2.85. The second-order valence-electron chi connectivity index (χ2n) is 4.19. The quantitative estimate of drug-likeness (QED) is 0.641. The molecule has 0 atom stereocenters. The fraction of sp³-hybridized carbons (Fsp3) is 0.467. The summed E-state index contributed by atoms with van der Waals surface area (Å²) >= 11 is 0. The second-order valence-corrected chi connectivity index (χ2v) is 4.19. The molecular formula is C15H19F. The predicted octanol–water partition coefficient (Wildman–Crippen LogP) is 4.43. The van der Waals surface area contributed by atoms with Gasteiger partial charge in [-0.15, -0.1) is 6.42 Å². The van der Waals surface area contributed by atoms with Crippen LogP contribution in [-0.4, -0.2) is 0 Å². The predicted molar refractivity (Wildman–Crippen MR) is 67.0 cm³/mol. The highest BCUT2D eigenvalue weighted by molar-refractivity contribution is 5.36. The Morgan fingerprint density at radius 3 is 2.00 bits per heavy atom. The smallest absolute Gasteiger partial charge is 0.136 e. The molecule has 0 amide bonds. The third-order valence-corrected chi connectivity index (χ3v) is 2.86. The molecule has 0 aliphatic heterocycles. The van der Waals surface area contributed by atoms with E-state index < -0.39 is 5.67 Å². The van der Waals surface area contributed by atoms with E-state index in [0.717, 1.165) is 24.0 Å². The van der Waals surface area contributed by atoms with Crippen LogP contribution in [0.15, 0.2) is 24.3 Å². The first-order valence-corrected chi connectivity index (χ1v) is 5.92. The third-order valence-electron chi connectivity index (χ3n) is 2.86. The van der Waals surface area contributed by atoms with Crippen molar-refractivity contribution in [3.8, 4) is 12.3 Å². The Hall–Kier alpha value is -1.29. The molecule has 1 rings (SSSR count). The van der Waals surface area contributed by atoms with E-state index in [1.807, 2.05) is 38.1 Å². The summed E-state index contributed by atoms with van der Waals surface area (Å²) in [5.74, 6) is 2.55. The van der Waals surface area contributed by atoms with Gasteiger partial charge in [-0.05, 0) is 30.5 Å². The maximum absolute atomic E-state index is 14.7. The molecule has 0 aliphatic carbocycles. The van der Waals surface area contributed by atoms with Crippen molar-refractivity contribution in [2.24, 2.45) is 0 Å². The summed E-state index contributed by atoms with van der Waals surface area (Å²) in [6, 6.07) is 7.27. The first-order chi connectivity index (χ1) is 7.66. The molecular weight excluding hydrogens is 199 g/mol. The summed E-state index contributed by atoms with van der Waals surface area (Å²) in [5.41, 5.74) is 0.380. The van der Waals surface area contributed by atoms with E-state index in [2.05, 4.69) is 5.92 Å². The first kappa shape index (κ1) is 12.8. The van der Waals surface area contributed by atoms with Crippen molar-refractivity contribution >= 4 is 0 Å². The number of halogens is 1. The van der Waals surface area contributed by atoms with Gasteiger partial charge in [0.05, 0.1) is 0 Å². The summed E-state index contributed by atoms with van der Waals surface area (Å²) in [7, 11) is 0. The van der Waals surface area contributed by atoms with Crippen LogP contribution in [0.3, 0.4) is 0 Å². The Balaban J connectivity index is 2.97. The molecule has 16 heavy (non-hydrogen) atoms. The van der Waals surface area contributed by atoms with Gasteiger partial charge in [0.2, 0.25) is 0 Å². The van der Waals surface area contributed by atoms with E-state index >= 15 is 0 Å². The SMILES string of the molecule is C#Cc1ccc(C(F)(CCC)CCC)cc1. The summed E-state index contributed by atoms with van der Waals surface area (Å²) in [6.45, 7) is 4.03. The molecule has 0 saturated carbocycles. The summed E-state index contributed by atoms with van der Waals surface area (Å²) < 4.78 is 14.7. The highest BCUT2D eigenvalue weighted by Crippen LogP contribution is 2.35. The molecule has 1 aromatic carbocycles. The minimum atomic E-state index is -1.18. The minimum absolute atomic E-state index is 0.580. The number of hydrogen-bond acceptors (Lipinski definition) is 0. The Bertz CT molecular complexity index is 350.